The molecule has 0 bridgehead atoms. The highest BCUT2D eigenvalue weighted by Crippen LogP contribution is 2.26. The summed E-state index contributed by atoms with van der Waals surface area (Å²) in [6.07, 6.45) is 4.98. The molecule has 2 aliphatic rings. The van der Waals surface area contributed by atoms with Gasteiger partial charge in [0.15, 0.2) is 0 Å². The standard InChI is InChI=1S/C14H27N3O2/c1-3-16-14(18)13-10-15-7-8-17(13)11-5-4-6-12(9-11)19-2/h11-13,15H,3-10H2,1-2H3,(H,16,18). The van der Waals surface area contributed by atoms with Gasteiger partial charge in [0.2, 0.25) is 5.91 Å². The Morgan fingerprint density at radius 3 is 3.05 bits per heavy atom. The third kappa shape index (κ3) is 3.68. The van der Waals surface area contributed by atoms with Crippen LogP contribution in [0.1, 0.15) is 32.6 Å². The number of rotatable bonds is 4. The first-order valence-corrected chi connectivity index (χ1v) is 7.53. The number of likely N-dealkylation sites (N-methyl/N-ethyl adjacent to an activating group) is 1. The van der Waals surface area contributed by atoms with E-state index in [9.17, 15) is 4.79 Å². The van der Waals surface area contributed by atoms with E-state index in [0.29, 0.717) is 18.7 Å². The predicted octanol–water partition coefficient (Wildman–Crippen LogP) is 0.354. The quantitative estimate of drug-likeness (QED) is 0.773. The van der Waals surface area contributed by atoms with Crippen LogP contribution in [0.4, 0.5) is 0 Å². The molecular formula is C14H27N3O2. The summed E-state index contributed by atoms with van der Waals surface area (Å²) in [5.41, 5.74) is 0. The van der Waals surface area contributed by atoms with Crippen molar-refractivity contribution in [3.63, 3.8) is 0 Å². The summed E-state index contributed by atoms with van der Waals surface area (Å²) in [7, 11) is 1.80. The molecule has 3 unspecified atom stereocenters. The van der Waals surface area contributed by atoms with Gasteiger partial charge in [-0.25, -0.2) is 0 Å². The number of hydrogen-bond acceptors (Lipinski definition) is 4. The van der Waals surface area contributed by atoms with E-state index in [1.54, 1.807) is 7.11 Å². The first-order chi connectivity index (χ1) is 9.26. The van der Waals surface area contributed by atoms with E-state index in [4.69, 9.17) is 4.74 Å². The Bertz CT molecular complexity index is 298. The highest BCUT2D eigenvalue weighted by molar-refractivity contribution is 5.82. The van der Waals surface area contributed by atoms with E-state index in [-0.39, 0.29) is 11.9 Å². The smallest absolute Gasteiger partial charge is 0.238 e. The molecule has 5 heteroatoms. The Morgan fingerprint density at radius 1 is 1.47 bits per heavy atom. The zero-order valence-corrected chi connectivity index (χ0v) is 12.2. The Morgan fingerprint density at radius 2 is 2.32 bits per heavy atom. The minimum absolute atomic E-state index is 0.0192. The van der Waals surface area contributed by atoms with Crippen molar-refractivity contribution in [1.29, 1.82) is 0 Å². The molecule has 0 spiro atoms. The maximum Gasteiger partial charge on any atom is 0.238 e. The van der Waals surface area contributed by atoms with E-state index in [1.807, 2.05) is 6.92 Å². The van der Waals surface area contributed by atoms with Gasteiger partial charge < -0.3 is 15.4 Å². The minimum atomic E-state index is -0.0192. The molecule has 2 rings (SSSR count). The molecule has 1 amide bonds. The van der Waals surface area contributed by atoms with Crippen LogP contribution in [0.2, 0.25) is 0 Å². The lowest BCUT2D eigenvalue weighted by molar-refractivity contribution is -0.129. The maximum absolute atomic E-state index is 12.2. The molecule has 1 aliphatic heterocycles. The van der Waals surface area contributed by atoms with Crippen LogP contribution in [-0.4, -0.2) is 62.3 Å². The fourth-order valence-electron chi connectivity index (χ4n) is 3.33. The molecule has 3 atom stereocenters. The predicted molar refractivity (Wildman–Crippen MR) is 75.1 cm³/mol. The molecular weight excluding hydrogens is 242 g/mol. The van der Waals surface area contributed by atoms with E-state index in [1.165, 1.54) is 12.8 Å². The number of methoxy groups -OCH3 is 1. The van der Waals surface area contributed by atoms with Gasteiger partial charge in [0.05, 0.1) is 6.10 Å². The molecule has 1 saturated carbocycles. The number of ether oxygens (including phenoxy) is 1. The van der Waals surface area contributed by atoms with Crippen LogP contribution in [0.5, 0.6) is 0 Å². The van der Waals surface area contributed by atoms with Crippen molar-refractivity contribution in [1.82, 2.24) is 15.5 Å². The topological polar surface area (TPSA) is 53.6 Å². The van der Waals surface area contributed by atoms with Gasteiger partial charge in [-0.2, -0.15) is 0 Å². The molecule has 1 aliphatic carbocycles. The summed E-state index contributed by atoms with van der Waals surface area (Å²) in [5.74, 6) is 0.161. The first kappa shape index (κ1) is 14.8. The number of hydrogen-bond donors (Lipinski definition) is 2. The van der Waals surface area contributed by atoms with E-state index >= 15 is 0 Å². The Hall–Kier alpha value is -0.650. The number of nitrogens with one attached hydrogen (secondary N) is 2. The maximum atomic E-state index is 12.2. The van der Waals surface area contributed by atoms with Gasteiger partial charge in [-0.15, -0.1) is 0 Å². The number of nitrogens with zero attached hydrogens (tertiary/aromatic N) is 1. The van der Waals surface area contributed by atoms with Crippen LogP contribution in [-0.2, 0) is 9.53 Å². The van der Waals surface area contributed by atoms with Gasteiger partial charge in [-0.3, -0.25) is 9.69 Å². The number of amides is 1. The van der Waals surface area contributed by atoms with Crippen molar-refractivity contribution in [2.24, 2.45) is 0 Å². The first-order valence-electron chi connectivity index (χ1n) is 7.53. The van der Waals surface area contributed by atoms with E-state index < -0.39 is 0 Å². The second-order valence-corrected chi connectivity index (χ2v) is 5.53. The largest absolute Gasteiger partial charge is 0.381 e. The van der Waals surface area contributed by atoms with Gasteiger partial charge >= 0.3 is 0 Å². The molecule has 2 N–H and O–H groups in total. The highest BCUT2D eigenvalue weighted by atomic mass is 16.5. The van der Waals surface area contributed by atoms with Crippen molar-refractivity contribution in [3.8, 4) is 0 Å². The molecule has 1 heterocycles. The van der Waals surface area contributed by atoms with Gasteiger partial charge in [0.1, 0.15) is 6.04 Å². The van der Waals surface area contributed by atoms with Crippen LogP contribution >= 0.6 is 0 Å². The monoisotopic (exact) mass is 269 g/mol. The van der Waals surface area contributed by atoms with Crippen LogP contribution < -0.4 is 10.6 Å². The second-order valence-electron chi connectivity index (χ2n) is 5.53. The molecule has 0 aromatic carbocycles. The number of piperazine rings is 1. The summed E-state index contributed by atoms with van der Waals surface area (Å²) in [5, 5.41) is 6.29. The Balaban J connectivity index is 2.00. The van der Waals surface area contributed by atoms with Crippen LogP contribution in [0.15, 0.2) is 0 Å². The zero-order valence-electron chi connectivity index (χ0n) is 12.2. The minimum Gasteiger partial charge on any atom is -0.381 e. The van der Waals surface area contributed by atoms with Crippen LogP contribution in [0, 0.1) is 0 Å². The molecule has 1 saturated heterocycles. The van der Waals surface area contributed by atoms with Crippen LogP contribution in [0.3, 0.4) is 0 Å². The summed E-state index contributed by atoms with van der Waals surface area (Å²) in [4.78, 5) is 14.6. The highest BCUT2D eigenvalue weighted by Gasteiger charge is 2.35. The third-order valence-corrected chi connectivity index (χ3v) is 4.34. The lowest BCUT2D eigenvalue weighted by atomic mass is 9.90. The van der Waals surface area contributed by atoms with Gasteiger partial charge in [-0.1, -0.05) is 0 Å². The third-order valence-electron chi connectivity index (χ3n) is 4.34. The normalized spacial score (nSPS) is 33.1. The average molecular weight is 269 g/mol. The van der Waals surface area contributed by atoms with Crippen LogP contribution in [0.25, 0.3) is 0 Å². The Labute approximate surface area is 116 Å². The molecule has 2 fully saturated rings. The van der Waals surface area contributed by atoms with Crippen molar-refractivity contribution < 1.29 is 9.53 Å². The summed E-state index contributed by atoms with van der Waals surface area (Å²) >= 11 is 0. The molecule has 19 heavy (non-hydrogen) atoms. The van der Waals surface area contributed by atoms with E-state index in [2.05, 4.69) is 15.5 Å². The van der Waals surface area contributed by atoms with Crippen molar-refractivity contribution in [2.75, 3.05) is 33.3 Å². The summed E-state index contributed by atoms with van der Waals surface area (Å²) in [6.45, 7) is 5.38. The van der Waals surface area contributed by atoms with Crippen molar-refractivity contribution in [2.45, 2.75) is 50.8 Å². The molecule has 0 aromatic heterocycles. The average Bonchev–Trinajstić information content (AvgIpc) is 2.47. The fraction of sp³-hybridized carbons (Fsp3) is 0.929. The molecule has 0 aromatic rings. The summed E-state index contributed by atoms with van der Waals surface area (Å²) < 4.78 is 5.51. The molecule has 5 nitrogen and oxygen atoms in total. The molecule has 0 radical (unpaired) electrons. The lowest BCUT2D eigenvalue weighted by Crippen LogP contribution is -2.61. The second kappa shape index (κ2) is 7.22. The van der Waals surface area contributed by atoms with Crippen molar-refractivity contribution in [3.05, 3.63) is 0 Å². The van der Waals surface area contributed by atoms with Crippen molar-refractivity contribution >= 4 is 5.91 Å². The lowest BCUT2D eigenvalue weighted by Gasteiger charge is -2.43. The number of carbonyl (C=O) groups excluding carboxylic acids is 1. The SMILES string of the molecule is CCNC(=O)C1CNCCN1C1CCCC(OC)C1. The molecule has 110 valence electrons. The summed E-state index contributed by atoms with van der Waals surface area (Å²) in [6, 6.07) is 0.475. The fourth-order valence-corrected chi connectivity index (χ4v) is 3.33. The number of carbonyl (C=O) groups is 1. The van der Waals surface area contributed by atoms with Gasteiger partial charge in [0.25, 0.3) is 0 Å². The van der Waals surface area contributed by atoms with Gasteiger partial charge in [-0.05, 0) is 32.6 Å². The Kier molecular flexibility index (Phi) is 5.60. The van der Waals surface area contributed by atoms with E-state index in [0.717, 1.165) is 32.5 Å². The van der Waals surface area contributed by atoms with Gasteiger partial charge in [0, 0.05) is 39.3 Å². The zero-order chi connectivity index (χ0) is 13.7.